The second kappa shape index (κ2) is 10.7. The van der Waals surface area contributed by atoms with Crippen molar-refractivity contribution in [1.29, 1.82) is 0 Å². The number of rotatable bonds is 3. The van der Waals surface area contributed by atoms with Crippen LogP contribution in [0.25, 0.3) is 27.5 Å². The van der Waals surface area contributed by atoms with Crippen LogP contribution in [0, 0.1) is 30.6 Å². The molecule has 0 spiro atoms. The van der Waals surface area contributed by atoms with Crippen LogP contribution < -0.4 is 10.4 Å². The molecule has 0 amide bonds. The number of hydrogen-bond acceptors (Lipinski definition) is 0. The lowest BCUT2D eigenvalue weighted by Gasteiger charge is -2.31. The van der Waals surface area contributed by atoms with E-state index in [2.05, 4.69) is 164 Å². The third-order valence-corrected chi connectivity index (χ3v) is 9.70. The molecular formula is C43H34. The molecule has 206 valence electrons. The first-order valence-corrected chi connectivity index (χ1v) is 15.5. The van der Waals surface area contributed by atoms with Gasteiger partial charge in [0, 0.05) is 23.3 Å². The lowest BCUT2D eigenvalue weighted by molar-refractivity contribution is 0.569. The molecule has 0 radical (unpaired) electrons. The third kappa shape index (κ3) is 4.56. The summed E-state index contributed by atoms with van der Waals surface area (Å²) < 4.78 is 0. The highest BCUT2D eigenvalue weighted by molar-refractivity contribution is 5.91. The molecule has 0 aromatic heterocycles. The third-order valence-electron chi connectivity index (χ3n) is 9.70. The van der Waals surface area contributed by atoms with Crippen molar-refractivity contribution in [1.82, 2.24) is 0 Å². The highest BCUT2D eigenvalue weighted by atomic mass is 14.4. The molecule has 3 aromatic carbocycles. The number of fused-ring (bicyclic) bond motifs is 4. The van der Waals surface area contributed by atoms with Crippen molar-refractivity contribution in [3.63, 3.8) is 0 Å². The molecular weight excluding hydrogens is 516 g/mol. The molecule has 3 unspecified atom stereocenters. The van der Waals surface area contributed by atoms with Gasteiger partial charge in [-0.05, 0) is 92.1 Å². The van der Waals surface area contributed by atoms with Gasteiger partial charge in [-0.1, -0.05) is 134 Å². The lowest BCUT2D eigenvalue weighted by Crippen LogP contribution is -2.31. The monoisotopic (exact) mass is 550 g/mol. The molecule has 0 heteroatoms. The van der Waals surface area contributed by atoms with E-state index in [4.69, 9.17) is 0 Å². The smallest absolute Gasteiger partial charge is 0.0209 e. The van der Waals surface area contributed by atoms with Gasteiger partial charge in [-0.25, -0.2) is 0 Å². The van der Waals surface area contributed by atoms with Crippen LogP contribution >= 0.6 is 0 Å². The predicted octanol–water partition coefficient (Wildman–Crippen LogP) is 8.80. The molecule has 8 rings (SSSR count). The SMILES string of the molecule is Cc1cccc2ccc(C3=CC=CC(C4=c5ccccc5=C(C5=CC=C[C@@H]6C=CC=CC56)CC5C=CC=CC45)=C=C3)cc12. The molecule has 5 aliphatic rings. The Morgan fingerprint density at radius 3 is 2.44 bits per heavy atom. The molecule has 0 aliphatic heterocycles. The molecule has 0 heterocycles. The van der Waals surface area contributed by atoms with Crippen molar-refractivity contribution >= 4 is 27.5 Å². The second-order valence-corrected chi connectivity index (χ2v) is 12.2. The minimum Gasteiger partial charge on any atom is -0.112 e. The zero-order chi connectivity index (χ0) is 28.8. The standard InChI is InChI=1S/C43H34/c1-29-11-8-15-32-24-26-34(27-41(29)32)30-14-9-17-33(25-23-30)43-37-19-5-3-13-35(37)28-42(39-20-6-7-21-40(39)43)38-22-10-16-31-12-2-4-18-36(31)38/h2-24,26-27,31,35-37H,28H2,1H3/t31-,35?,36?,37?/m0/s1. The van der Waals surface area contributed by atoms with Crippen LogP contribution in [0.15, 0.2) is 169 Å². The summed E-state index contributed by atoms with van der Waals surface area (Å²) in [5.41, 5.74) is 13.0. The van der Waals surface area contributed by atoms with E-state index in [1.54, 1.807) is 0 Å². The van der Waals surface area contributed by atoms with Gasteiger partial charge in [-0.15, -0.1) is 5.73 Å². The van der Waals surface area contributed by atoms with Crippen molar-refractivity contribution in [2.24, 2.45) is 23.7 Å². The molecule has 0 bridgehead atoms. The van der Waals surface area contributed by atoms with Gasteiger partial charge in [0.25, 0.3) is 0 Å². The topological polar surface area (TPSA) is 0 Å². The maximum atomic E-state index is 3.79. The summed E-state index contributed by atoms with van der Waals surface area (Å²) in [6.45, 7) is 2.19. The van der Waals surface area contributed by atoms with Gasteiger partial charge in [0.15, 0.2) is 0 Å². The van der Waals surface area contributed by atoms with E-state index in [1.165, 1.54) is 60.2 Å². The molecule has 4 atom stereocenters. The average Bonchev–Trinajstić information content (AvgIpc) is 3.38. The molecule has 3 aromatic rings. The van der Waals surface area contributed by atoms with Gasteiger partial charge >= 0.3 is 0 Å². The summed E-state index contributed by atoms with van der Waals surface area (Å²) in [6, 6.07) is 22.4. The van der Waals surface area contributed by atoms with Gasteiger partial charge in [-0.2, -0.15) is 0 Å². The van der Waals surface area contributed by atoms with E-state index in [-0.39, 0.29) is 5.92 Å². The van der Waals surface area contributed by atoms with E-state index in [9.17, 15) is 0 Å². The molecule has 0 fully saturated rings. The zero-order valence-corrected chi connectivity index (χ0v) is 24.5. The molecule has 0 saturated carbocycles. The Kier molecular flexibility index (Phi) is 6.44. The highest BCUT2D eigenvalue weighted by Gasteiger charge is 2.32. The minimum absolute atomic E-state index is 0.284. The van der Waals surface area contributed by atoms with Crippen LogP contribution in [-0.2, 0) is 0 Å². The summed E-state index contributed by atoms with van der Waals surface area (Å²) >= 11 is 0. The van der Waals surface area contributed by atoms with Crippen molar-refractivity contribution < 1.29 is 0 Å². The van der Waals surface area contributed by atoms with Crippen molar-refractivity contribution in [3.05, 3.63) is 190 Å². The molecule has 0 saturated heterocycles. The fourth-order valence-electron chi connectivity index (χ4n) is 7.54. The van der Waals surface area contributed by atoms with E-state index < -0.39 is 0 Å². The van der Waals surface area contributed by atoms with Crippen LogP contribution in [0.3, 0.4) is 0 Å². The Hall–Kier alpha value is -4.90. The summed E-state index contributed by atoms with van der Waals surface area (Å²) in [5.74, 6) is 1.48. The van der Waals surface area contributed by atoms with Gasteiger partial charge in [0.05, 0.1) is 0 Å². The summed E-state index contributed by atoms with van der Waals surface area (Å²) in [5, 5.41) is 5.28. The van der Waals surface area contributed by atoms with E-state index in [0.717, 1.165) is 6.42 Å². The molecule has 0 nitrogen and oxygen atoms in total. The summed E-state index contributed by atoms with van der Waals surface area (Å²) in [4.78, 5) is 0. The molecule has 43 heavy (non-hydrogen) atoms. The Bertz CT molecular complexity index is 2100. The van der Waals surface area contributed by atoms with Crippen LogP contribution in [0.2, 0.25) is 0 Å². The first-order valence-electron chi connectivity index (χ1n) is 15.5. The number of aryl methyl sites for hydroxylation is 1. The van der Waals surface area contributed by atoms with E-state index in [0.29, 0.717) is 17.8 Å². The number of benzene rings is 3. The maximum absolute atomic E-state index is 3.79. The van der Waals surface area contributed by atoms with Gasteiger partial charge in [0.1, 0.15) is 0 Å². The van der Waals surface area contributed by atoms with Crippen LogP contribution in [0.4, 0.5) is 0 Å². The number of allylic oxidation sites excluding steroid dienone is 17. The first-order chi connectivity index (χ1) is 21.2. The minimum atomic E-state index is 0.284. The Balaban J connectivity index is 1.32. The zero-order valence-electron chi connectivity index (χ0n) is 24.5. The van der Waals surface area contributed by atoms with Crippen LogP contribution in [-0.4, -0.2) is 0 Å². The van der Waals surface area contributed by atoms with Gasteiger partial charge in [0.2, 0.25) is 0 Å². The Morgan fingerprint density at radius 1 is 0.698 bits per heavy atom. The quantitative estimate of drug-likeness (QED) is 0.286. The van der Waals surface area contributed by atoms with E-state index in [1.807, 2.05) is 0 Å². The van der Waals surface area contributed by atoms with Crippen molar-refractivity contribution in [3.8, 4) is 0 Å². The predicted molar refractivity (Wildman–Crippen MR) is 182 cm³/mol. The lowest BCUT2D eigenvalue weighted by atomic mass is 9.73. The van der Waals surface area contributed by atoms with Crippen molar-refractivity contribution in [2.45, 2.75) is 13.3 Å². The average molecular weight is 551 g/mol. The summed E-state index contributed by atoms with van der Waals surface area (Å²) in [6.07, 6.45) is 35.3. The summed E-state index contributed by atoms with van der Waals surface area (Å²) in [7, 11) is 0. The van der Waals surface area contributed by atoms with E-state index >= 15 is 0 Å². The van der Waals surface area contributed by atoms with Gasteiger partial charge < -0.3 is 0 Å². The van der Waals surface area contributed by atoms with Crippen molar-refractivity contribution in [2.75, 3.05) is 0 Å². The van der Waals surface area contributed by atoms with Crippen LogP contribution in [0.1, 0.15) is 17.5 Å². The largest absolute Gasteiger partial charge is 0.112 e. The first kappa shape index (κ1) is 25.8. The van der Waals surface area contributed by atoms with Gasteiger partial charge in [-0.3, -0.25) is 0 Å². The fraction of sp³-hybridized carbons (Fsp3) is 0.140. The second-order valence-electron chi connectivity index (χ2n) is 12.2. The molecule has 0 N–H and O–H groups in total. The highest BCUT2D eigenvalue weighted by Crippen LogP contribution is 2.42. The Labute approximate surface area is 254 Å². The molecule has 5 aliphatic carbocycles. The normalized spacial score (nSPS) is 25.0. The fourth-order valence-corrected chi connectivity index (χ4v) is 7.54. The Morgan fingerprint density at radius 2 is 1.51 bits per heavy atom. The maximum Gasteiger partial charge on any atom is 0.0209 e. The number of hydrogen-bond donors (Lipinski definition) is 0. The van der Waals surface area contributed by atoms with Crippen LogP contribution in [0.5, 0.6) is 0 Å².